The van der Waals surface area contributed by atoms with Gasteiger partial charge in [0, 0.05) is 5.75 Å². The van der Waals surface area contributed by atoms with Gasteiger partial charge in [0.25, 0.3) is 0 Å². The zero-order valence-corrected chi connectivity index (χ0v) is 12.0. The number of rotatable bonds is 9. The third kappa shape index (κ3) is 8.11. The van der Waals surface area contributed by atoms with Crippen LogP contribution in [0.1, 0.15) is 47.0 Å². The molecule has 0 saturated heterocycles. The van der Waals surface area contributed by atoms with Gasteiger partial charge in [-0.3, -0.25) is 0 Å². The molecular weight excluding hydrogens is 222 g/mol. The second kappa shape index (κ2) is 7.28. The quantitative estimate of drug-likeness (QED) is 0.637. The van der Waals surface area contributed by atoms with Gasteiger partial charge in [-0.15, -0.1) is 0 Å². The maximum atomic E-state index is 11.4. The molecule has 0 saturated carbocycles. The molecule has 4 heteroatoms. The number of hydrogen-bond acceptors (Lipinski definition) is 3. The molecule has 16 heavy (non-hydrogen) atoms. The summed E-state index contributed by atoms with van der Waals surface area (Å²) in [5.41, 5.74) is 0.114. The predicted molar refractivity (Wildman–Crippen MR) is 70.5 cm³/mol. The molecular formula is C12H27NO2S. The van der Waals surface area contributed by atoms with E-state index in [-0.39, 0.29) is 11.2 Å². The molecule has 0 radical (unpaired) electrons. The van der Waals surface area contributed by atoms with Crippen molar-refractivity contribution in [1.29, 1.82) is 0 Å². The molecule has 98 valence electrons. The van der Waals surface area contributed by atoms with Crippen molar-refractivity contribution in [3.8, 4) is 0 Å². The smallest absolute Gasteiger partial charge is 0.150 e. The molecule has 1 N–H and O–H groups in total. The summed E-state index contributed by atoms with van der Waals surface area (Å²) in [5.74, 6) is 0.585. The van der Waals surface area contributed by atoms with Crippen LogP contribution in [0.2, 0.25) is 0 Å². The highest BCUT2D eigenvalue weighted by Crippen LogP contribution is 2.25. The topological polar surface area (TPSA) is 46.2 Å². The first-order valence-electron chi connectivity index (χ1n) is 6.24. The van der Waals surface area contributed by atoms with Crippen LogP contribution in [0.5, 0.6) is 0 Å². The Kier molecular flexibility index (Phi) is 7.24. The van der Waals surface area contributed by atoms with E-state index >= 15 is 0 Å². The lowest BCUT2D eigenvalue weighted by atomic mass is 9.86. The van der Waals surface area contributed by atoms with Crippen molar-refractivity contribution in [2.45, 2.75) is 47.0 Å². The fourth-order valence-electron chi connectivity index (χ4n) is 1.43. The number of sulfone groups is 1. The lowest BCUT2D eigenvalue weighted by molar-refractivity contribution is 0.316. The Bertz CT molecular complexity index is 271. The summed E-state index contributed by atoms with van der Waals surface area (Å²) in [7, 11) is -2.81. The van der Waals surface area contributed by atoms with Gasteiger partial charge in [0.05, 0.1) is 5.75 Å². The van der Waals surface area contributed by atoms with E-state index in [0.717, 1.165) is 32.4 Å². The zero-order valence-electron chi connectivity index (χ0n) is 11.2. The van der Waals surface area contributed by atoms with Crippen molar-refractivity contribution >= 4 is 9.84 Å². The first-order chi connectivity index (χ1) is 7.33. The maximum absolute atomic E-state index is 11.4. The molecule has 0 unspecified atom stereocenters. The Morgan fingerprint density at radius 3 is 2.19 bits per heavy atom. The van der Waals surface area contributed by atoms with Gasteiger partial charge in [-0.1, -0.05) is 27.7 Å². The Labute approximate surface area is 101 Å². The molecule has 0 heterocycles. The van der Waals surface area contributed by atoms with Crippen LogP contribution in [0.15, 0.2) is 0 Å². The monoisotopic (exact) mass is 249 g/mol. The molecule has 0 aromatic carbocycles. The highest BCUT2D eigenvalue weighted by Gasteiger charge is 2.20. The second-order valence-corrected chi connectivity index (χ2v) is 7.62. The van der Waals surface area contributed by atoms with Crippen LogP contribution in [0.4, 0.5) is 0 Å². The molecule has 0 aliphatic rings. The maximum Gasteiger partial charge on any atom is 0.150 e. The van der Waals surface area contributed by atoms with Crippen molar-refractivity contribution in [2.24, 2.45) is 5.41 Å². The van der Waals surface area contributed by atoms with Gasteiger partial charge in [-0.05, 0) is 37.8 Å². The van der Waals surface area contributed by atoms with Crippen molar-refractivity contribution < 1.29 is 8.42 Å². The van der Waals surface area contributed by atoms with Crippen LogP contribution in [0.3, 0.4) is 0 Å². The summed E-state index contributed by atoms with van der Waals surface area (Å²) in [5, 5.41) is 3.35. The van der Waals surface area contributed by atoms with E-state index in [1.807, 2.05) is 0 Å². The van der Waals surface area contributed by atoms with Crippen LogP contribution in [-0.2, 0) is 9.84 Å². The van der Waals surface area contributed by atoms with Crippen LogP contribution < -0.4 is 5.32 Å². The first kappa shape index (κ1) is 15.9. The minimum atomic E-state index is -2.81. The van der Waals surface area contributed by atoms with E-state index in [4.69, 9.17) is 0 Å². The van der Waals surface area contributed by atoms with Gasteiger partial charge in [-0.2, -0.15) is 0 Å². The molecule has 0 atom stereocenters. The van der Waals surface area contributed by atoms with E-state index in [1.54, 1.807) is 6.92 Å². The predicted octanol–water partition coefficient (Wildman–Crippen LogP) is 2.23. The Morgan fingerprint density at radius 2 is 1.69 bits per heavy atom. The van der Waals surface area contributed by atoms with E-state index in [1.165, 1.54) is 0 Å². The lowest BCUT2D eigenvalue weighted by Gasteiger charge is -2.24. The van der Waals surface area contributed by atoms with E-state index < -0.39 is 9.84 Å². The number of hydrogen-bond donors (Lipinski definition) is 1. The van der Waals surface area contributed by atoms with Gasteiger partial charge in [0.15, 0.2) is 0 Å². The van der Waals surface area contributed by atoms with E-state index in [2.05, 4.69) is 26.1 Å². The van der Waals surface area contributed by atoms with Crippen molar-refractivity contribution in [3.63, 3.8) is 0 Å². The molecule has 0 fully saturated rings. The summed E-state index contributed by atoms with van der Waals surface area (Å²) in [6.07, 6.45) is 2.94. The lowest BCUT2D eigenvalue weighted by Crippen LogP contribution is -2.25. The highest BCUT2D eigenvalue weighted by molar-refractivity contribution is 7.91. The summed E-state index contributed by atoms with van der Waals surface area (Å²) in [6.45, 7) is 10.2. The van der Waals surface area contributed by atoms with Gasteiger partial charge in [0.2, 0.25) is 0 Å². The minimum Gasteiger partial charge on any atom is -0.317 e. The third-order valence-electron chi connectivity index (χ3n) is 2.93. The average Bonchev–Trinajstić information content (AvgIpc) is 2.22. The molecule has 0 rings (SSSR count). The average molecular weight is 249 g/mol. The molecule has 0 aliphatic heterocycles. The number of nitrogens with one attached hydrogen (secondary N) is 1. The van der Waals surface area contributed by atoms with Crippen LogP contribution in [0.25, 0.3) is 0 Å². The van der Waals surface area contributed by atoms with Crippen molar-refractivity contribution in [3.05, 3.63) is 0 Å². The fourth-order valence-corrected chi connectivity index (χ4v) is 2.58. The summed E-state index contributed by atoms with van der Waals surface area (Å²) >= 11 is 0. The summed E-state index contributed by atoms with van der Waals surface area (Å²) < 4.78 is 22.8. The third-order valence-corrected chi connectivity index (χ3v) is 4.64. The normalized spacial score (nSPS) is 13.0. The fraction of sp³-hybridized carbons (Fsp3) is 1.00. The van der Waals surface area contributed by atoms with E-state index in [9.17, 15) is 8.42 Å². The molecule has 0 aromatic heterocycles. The molecule has 0 amide bonds. The Hall–Kier alpha value is -0.0900. The van der Waals surface area contributed by atoms with Crippen LogP contribution in [-0.4, -0.2) is 33.0 Å². The van der Waals surface area contributed by atoms with Gasteiger partial charge in [0.1, 0.15) is 9.84 Å². The zero-order chi connectivity index (χ0) is 12.7. The van der Waals surface area contributed by atoms with Crippen LogP contribution >= 0.6 is 0 Å². The Balaban J connectivity index is 3.87. The standard InChI is InChI=1S/C12H27NO2S/c1-5-9-13-10-7-12(3,4)8-11-16(14,15)6-2/h13H,5-11H2,1-4H3. The minimum absolute atomic E-state index is 0.114. The largest absolute Gasteiger partial charge is 0.317 e. The summed E-state index contributed by atoms with van der Waals surface area (Å²) in [4.78, 5) is 0. The van der Waals surface area contributed by atoms with Gasteiger partial charge in [-0.25, -0.2) is 8.42 Å². The van der Waals surface area contributed by atoms with Crippen molar-refractivity contribution in [2.75, 3.05) is 24.6 Å². The molecule has 0 aliphatic carbocycles. The van der Waals surface area contributed by atoms with Crippen molar-refractivity contribution in [1.82, 2.24) is 5.32 Å². The summed E-state index contributed by atoms with van der Waals surface area (Å²) in [6, 6.07) is 0. The molecule has 0 spiro atoms. The van der Waals surface area contributed by atoms with Gasteiger partial charge >= 0.3 is 0 Å². The van der Waals surface area contributed by atoms with Crippen LogP contribution in [0, 0.1) is 5.41 Å². The molecule has 0 aromatic rings. The molecule has 0 bridgehead atoms. The Morgan fingerprint density at radius 1 is 1.06 bits per heavy atom. The van der Waals surface area contributed by atoms with Gasteiger partial charge < -0.3 is 5.32 Å². The molecule has 3 nitrogen and oxygen atoms in total. The SMILES string of the molecule is CCCNCCC(C)(C)CCS(=O)(=O)CC. The second-order valence-electron chi connectivity index (χ2n) is 5.15. The first-order valence-corrected chi connectivity index (χ1v) is 8.06. The van der Waals surface area contributed by atoms with E-state index in [0.29, 0.717) is 5.75 Å². The highest BCUT2D eigenvalue weighted by atomic mass is 32.2.